The molecule has 154 valence electrons. The van der Waals surface area contributed by atoms with Crippen molar-refractivity contribution < 1.29 is 14.6 Å². The smallest absolute Gasteiger partial charge is 0.305 e. The van der Waals surface area contributed by atoms with Crippen LogP contribution in [0, 0.1) is 0 Å². The third-order valence-electron chi connectivity index (χ3n) is 5.40. The highest BCUT2D eigenvalue weighted by Crippen LogP contribution is 2.41. The molecule has 2 aromatic carbocycles. The second-order valence-corrected chi connectivity index (χ2v) is 12.3. The minimum Gasteiger partial charge on any atom is -0.466 e. The number of ether oxygens (including phenoxy) is 1. The fourth-order valence-corrected chi connectivity index (χ4v) is 7.49. The van der Waals surface area contributed by atoms with Crippen LogP contribution in [0.2, 0.25) is 18.6 Å². The minimum absolute atomic E-state index is 0.148. The zero-order valence-electron chi connectivity index (χ0n) is 17.2. The van der Waals surface area contributed by atoms with Gasteiger partial charge in [0.1, 0.15) is 0 Å². The van der Waals surface area contributed by atoms with Crippen molar-refractivity contribution in [3.8, 4) is 0 Å². The fourth-order valence-electron chi connectivity index (χ4n) is 3.88. The number of rotatable bonds is 10. The van der Waals surface area contributed by atoms with Gasteiger partial charge in [-0.2, -0.15) is 0 Å². The van der Waals surface area contributed by atoms with Crippen LogP contribution in [0.25, 0.3) is 10.4 Å². The van der Waals surface area contributed by atoms with Crippen LogP contribution in [-0.4, -0.2) is 31.8 Å². The van der Waals surface area contributed by atoms with Crippen molar-refractivity contribution in [3.05, 3.63) is 76.7 Å². The number of azide groups is 1. The Morgan fingerprint density at radius 3 is 2.28 bits per heavy atom. The van der Waals surface area contributed by atoms with Crippen LogP contribution in [-0.2, 0) is 9.53 Å². The van der Waals surface area contributed by atoms with Crippen molar-refractivity contribution in [2.75, 3.05) is 6.61 Å². The fraction of sp³-hybridized carbons (Fsp3) is 0.409. The third kappa shape index (κ3) is 5.94. The lowest BCUT2D eigenvalue weighted by molar-refractivity contribution is -0.143. The molecule has 0 saturated carbocycles. The van der Waals surface area contributed by atoms with E-state index in [1.807, 2.05) is 48.5 Å². The molecule has 0 fully saturated rings. The Balaban J connectivity index is 2.46. The summed E-state index contributed by atoms with van der Waals surface area (Å²) in [6.45, 7) is 6.41. The van der Waals surface area contributed by atoms with Gasteiger partial charge in [0, 0.05) is 17.4 Å². The molecule has 1 N–H and O–H groups in total. The molecule has 0 spiro atoms. The van der Waals surface area contributed by atoms with E-state index in [4.69, 9.17) is 4.74 Å². The molecular weight excluding hydrogens is 382 g/mol. The normalized spacial score (nSPS) is 14.3. The summed E-state index contributed by atoms with van der Waals surface area (Å²) in [5.74, 6) is -0.322. The number of aliphatic hydroxyl groups excluding tert-OH is 1. The standard InChI is InChI=1S/C22H29N3O3Si/c1-4-28-20(26)16-15-19(24-25-23)22(21(27)17-11-7-5-8-12-17)29(2,3)18-13-9-6-10-14-18/h5-14,19,21-22,27H,4,15-16H2,1-3H3/t19-,21+,22+/m0/s1. The van der Waals surface area contributed by atoms with E-state index in [2.05, 4.69) is 35.3 Å². The van der Waals surface area contributed by atoms with Crippen LogP contribution in [0.15, 0.2) is 65.8 Å². The largest absolute Gasteiger partial charge is 0.466 e. The molecule has 0 saturated heterocycles. The van der Waals surface area contributed by atoms with Crippen LogP contribution >= 0.6 is 0 Å². The van der Waals surface area contributed by atoms with Gasteiger partial charge in [0.25, 0.3) is 0 Å². The number of carbonyl (C=O) groups excluding carboxylic acids is 1. The highest BCUT2D eigenvalue weighted by atomic mass is 28.3. The maximum absolute atomic E-state index is 11.9. The Bertz CT molecular complexity index is 824. The number of hydrogen-bond donors (Lipinski definition) is 1. The van der Waals surface area contributed by atoms with Crippen molar-refractivity contribution in [2.45, 2.75) is 50.5 Å². The summed E-state index contributed by atoms with van der Waals surface area (Å²) in [5.41, 5.74) is 9.69. The molecule has 3 atom stereocenters. The maximum Gasteiger partial charge on any atom is 0.305 e. The first-order chi connectivity index (χ1) is 13.9. The van der Waals surface area contributed by atoms with Gasteiger partial charge in [-0.05, 0) is 30.0 Å². The highest BCUT2D eigenvalue weighted by molar-refractivity contribution is 6.91. The van der Waals surface area contributed by atoms with E-state index in [9.17, 15) is 15.4 Å². The maximum atomic E-state index is 11.9. The number of carbonyl (C=O) groups is 1. The molecule has 0 unspecified atom stereocenters. The van der Waals surface area contributed by atoms with E-state index in [1.165, 1.54) is 0 Å². The molecule has 6 nitrogen and oxygen atoms in total. The molecule has 2 rings (SSSR count). The first-order valence-electron chi connectivity index (χ1n) is 9.90. The van der Waals surface area contributed by atoms with E-state index in [0.29, 0.717) is 13.0 Å². The number of nitrogens with zero attached hydrogens (tertiary/aromatic N) is 3. The van der Waals surface area contributed by atoms with Crippen LogP contribution in [0.3, 0.4) is 0 Å². The van der Waals surface area contributed by atoms with E-state index in [0.717, 1.165) is 10.8 Å². The van der Waals surface area contributed by atoms with E-state index in [1.54, 1.807) is 6.92 Å². The Kier molecular flexibility index (Phi) is 8.45. The summed E-state index contributed by atoms with van der Waals surface area (Å²) in [4.78, 5) is 15.0. The van der Waals surface area contributed by atoms with Gasteiger partial charge in [0.15, 0.2) is 0 Å². The SMILES string of the molecule is CCOC(=O)CC[C@H](N=[N+]=[N-])[C@H]([C@H](O)c1ccccc1)[Si](C)(C)c1ccccc1. The number of benzene rings is 2. The van der Waals surface area contributed by atoms with Crippen LogP contribution < -0.4 is 5.19 Å². The predicted octanol–water partition coefficient (Wildman–Crippen LogP) is 4.73. The predicted molar refractivity (Wildman–Crippen MR) is 118 cm³/mol. The van der Waals surface area contributed by atoms with Crippen molar-refractivity contribution in [3.63, 3.8) is 0 Å². The minimum atomic E-state index is -2.31. The van der Waals surface area contributed by atoms with Crippen molar-refractivity contribution >= 4 is 19.2 Å². The summed E-state index contributed by atoms with van der Waals surface area (Å²) in [5, 5.41) is 16.6. The quantitative estimate of drug-likeness (QED) is 0.201. The molecule has 0 aliphatic heterocycles. The molecule has 2 aromatic rings. The summed E-state index contributed by atoms with van der Waals surface area (Å²) in [6.07, 6.45) is -0.328. The summed E-state index contributed by atoms with van der Waals surface area (Å²) < 4.78 is 5.04. The number of esters is 1. The van der Waals surface area contributed by atoms with Crippen molar-refractivity contribution in [1.29, 1.82) is 0 Å². The molecule has 7 heteroatoms. The molecule has 0 aliphatic rings. The Labute approximate surface area is 173 Å². The van der Waals surface area contributed by atoms with Crippen molar-refractivity contribution in [1.82, 2.24) is 0 Å². The Morgan fingerprint density at radius 2 is 1.72 bits per heavy atom. The second-order valence-electron chi connectivity index (χ2n) is 7.58. The molecule has 0 aliphatic carbocycles. The molecule has 0 radical (unpaired) electrons. The first-order valence-corrected chi connectivity index (χ1v) is 13.0. The van der Waals surface area contributed by atoms with E-state index in [-0.39, 0.29) is 17.9 Å². The molecule has 0 amide bonds. The monoisotopic (exact) mass is 411 g/mol. The second kappa shape index (κ2) is 10.8. The van der Waals surface area contributed by atoms with Gasteiger partial charge in [0.2, 0.25) is 0 Å². The molecular formula is C22H29N3O3Si. The van der Waals surface area contributed by atoms with Gasteiger partial charge in [0.05, 0.1) is 20.8 Å². The van der Waals surface area contributed by atoms with Gasteiger partial charge in [-0.15, -0.1) is 0 Å². The Hall–Kier alpha value is -2.60. The zero-order valence-corrected chi connectivity index (χ0v) is 18.2. The average Bonchev–Trinajstić information content (AvgIpc) is 2.73. The lowest BCUT2D eigenvalue weighted by Gasteiger charge is -2.40. The highest BCUT2D eigenvalue weighted by Gasteiger charge is 2.43. The summed E-state index contributed by atoms with van der Waals surface area (Å²) >= 11 is 0. The lowest BCUT2D eigenvalue weighted by Crippen LogP contribution is -2.51. The van der Waals surface area contributed by atoms with Gasteiger partial charge < -0.3 is 9.84 Å². The zero-order chi connectivity index (χ0) is 21.3. The van der Waals surface area contributed by atoms with E-state index >= 15 is 0 Å². The summed E-state index contributed by atoms with van der Waals surface area (Å²) in [6, 6.07) is 19.0. The van der Waals surface area contributed by atoms with Crippen LogP contribution in [0.5, 0.6) is 0 Å². The van der Waals surface area contributed by atoms with Crippen LogP contribution in [0.1, 0.15) is 31.4 Å². The molecule has 0 bridgehead atoms. The number of hydrogen-bond acceptors (Lipinski definition) is 4. The van der Waals surface area contributed by atoms with Gasteiger partial charge >= 0.3 is 5.97 Å². The van der Waals surface area contributed by atoms with Gasteiger partial charge in [-0.1, -0.05) is 84.1 Å². The molecule has 0 aromatic heterocycles. The van der Waals surface area contributed by atoms with Gasteiger partial charge in [-0.25, -0.2) is 0 Å². The molecule has 29 heavy (non-hydrogen) atoms. The summed E-state index contributed by atoms with van der Waals surface area (Å²) in [7, 11) is -2.31. The first kappa shape index (κ1) is 22.7. The molecule has 0 heterocycles. The van der Waals surface area contributed by atoms with Crippen molar-refractivity contribution in [2.24, 2.45) is 5.11 Å². The van der Waals surface area contributed by atoms with Gasteiger partial charge in [-0.3, -0.25) is 4.79 Å². The topological polar surface area (TPSA) is 95.3 Å². The number of aliphatic hydroxyl groups is 1. The third-order valence-corrected chi connectivity index (χ3v) is 9.58. The van der Waals surface area contributed by atoms with E-state index < -0.39 is 20.2 Å². The van der Waals surface area contributed by atoms with Crippen LogP contribution in [0.4, 0.5) is 0 Å². The Morgan fingerprint density at radius 1 is 1.14 bits per heavy atom. The lowest BCUT2D eigenvalue weighted by atomic mass is 9.98. The average molecular weight is 412 g/mol.